The van der Waals surface area contributed by atoms with Crippen molar-refractivity contribution in [2.24, 2.45) is 0 Å². The predicted molar refractivity (Wildman–Crippen MR) is 62.8 cm³/mol. The first-order valence-corrected chi connectivity index (χ1v) is 5.64. The molecule has 2 aromatic heterocycles. The van der Waals surface area contributed by atoms with Crippen LogP contribution in [0.4, 0.5) is 0 Å². The highest BCUT2D eigenvalue weighted by Crippen LogP contribution is 2.19. The Morgan fingerprint density at radius 3 is 2.71 bits per heavy atom. The topological polar surface area (TPSA) is 46.6 Å². The van der Waals surface area contributed by atoms with Gasteiger partial charge in [-0.1, -0.05) is 0 Å². The maximum Gasteiger partial charge on any atom is 0.259 e. The number of carbonyl (C=O) groups is 1. The average Bonchev–Trinajstić information content (AvgIpc) is 2.96. The Labute approximate surface area is 104 Å². The number of carbonyl (C=O) groups excluding carboxylic acids is 1. The highest BCUT2D eigenvalue weighted by molar-refractivity contribution is 6.32. The van der Waals surface area contributed by atoms with Crippen molar-refractivity contribution in [3.05, 3.63) is 47.3 Å². The molecule has 2 aromatic rings. The van der Waals surface area contributed by atoms with Crippen LogP contribution in [-0.4, -0.2) is 17.4 Å². The van der Waals surface area contributed by atoms with Gasteiger partial charge in [0.1, 0.15) is 5.76 Å². The summed E-state index contributed by atoms with van der Waals surface area (Å²) in [6.45, 7) is 2.89. The summed E-state index contributed by atoms with van der Waals surface area (Å²) >= 11 is 5.78. The molecular weight excluding hydrogens is 242 g/mol. The van der Waals surface area contributed by atoms with Gasteiger partial charge in [-0.15, -0.1) is 0 Å². The lowest BCUT2D eigenvalue weighted by Gasteiger charge is -2.18. The molecule has 2 rings (SSSR count). The summed E-state index contributed by atoms with van der Waals surface area (Å²) in [6, 6.07) is 5.18. The minimum atomic E-state index is -0.164. The van der Waals surface area contributed by atoms with Gasteiger partial charge in [0.15, 0.2) is 0 Å². The number of rotatable bonds is 4. The highest BCUT2D eigenvalue weighted by atomic mass is 35.5. The molecule has 5 heteroatoms. The molecular formula is C12H12ClNO3. The fraction of sp³-hybridized carbons (Fsp3) is 0.250. The monoisotopic (exact) mass is 253 g/mol. The minimum absolute atomic E-state index is 0.118. The first kappa shape index (κ1) is 11.8. The van der Waals surface area contributed by atoms with E-state index in [9.17, 15) is 4.79 Å². The van der Waals surface area contributed by atoms with Crippen LogP contribution < -0.4 is 0 Å². The summed E-state index contributed by atoms with van der Waals surface area (Å²) in [5.41, 5.74) is 0.375. The van der Waals surface area contributed by atoms with Crippen molar-refractivity contribution in [3.8, 4) is 0 Å². The normalized spacial score (nSPS) is 10.5. The summed E-state index contributed by atoms with van der Waals surface area (Å²) in [5, 5.41) is 0.118. The summed E-state index contributed by atoms with van der Waals surface area (Å²) < 4.78 is 10.1. The van der Waals surface area contributed by atoms with E-state index in [1.54, 1.807) is 23.3 Å². The van der Waals surface area contributed by atoms with Gasteiger partial charge in [0.25, 0.3) is 5.91 Å². The number of hydrogen-bond donors (Lipinski definition) is 0. The first-order chi connectivity index (χ1) is 8.22. The predicted octanol–water partition coefficient (Wildman–Crippen LogP) is 3.19. The Morgan fingerprint density at radius 2 is 2.18 bits per heavy atom. The molecule has 0 spiro atoms. The molecule has 0 radical (unpaired) electrons. The number of halogens is 1. The summed E-state index contributed by atoms with van der Waals surface area (Å²) in [5.74, 6) is 0.572. The van der Waals surface area contributed by atoms with Crippen molar-refractivity contribution in [1.82, 2.24) is 4.90 Å². The third-order valence-corrected chi connectivity index (χ3v) is 2.74. The van der Waals surface area contributed by atoms with E-state index in [0.29, 0.717) is 18.7 Å². The lowest BCUT2D eigenvalue weighted by Crippen LogP contribution is -2.30. The van der Waals surface area contributed by atoms with Gasteiger partial charge in [0.2, 0.25) is 5.22 Å². The SMILES string of the molecule is CCN(Cc1ccco1)C(=O)c1ccoc1Cl. The minimum Gasteiger partial charge on any atom is -0.467 e. The van der Waals surface area contributed by atoms with Crippen LogP contribution in [0.15, 0.2) is 39.6 Å². The van der Waals surface area contributed by atoms with Gasteiger partial charge in [0.05, 0.1) is 24.6 Å². The molecule has 0 saturated carbocycles. The van der Waals surface area contributed by atoms with Crippen molar-refractivity contribution < 1.29 is 13.6 Å². The number of furan rings is 2. The van der Waals surface area contributed by atoms with Gasteiger partial charge in [0, 0.05) is 6.54 Å². The second-order valence-corrected chi connectivity index (χ2v) is 3.85. The molecule has 90 valence electrons. The molecule has 0 atom stereocenters. The number of hydrogen-bond acceptors (Lipinski definition) is 3. The van der Waals surface area contributed by atoms with Crippen molar-refractivity contribution in [2.45, 2.75) is 13.5 Å². The van der Waals surface area contributed by atoms with Crippen LogP contribution in [0.2, 0.25) is 5.22 Å². The van der Waals surface area contributed by atoms with E-state index in [1.165, 1.54) is 6.26 Å². The van der Waals surface area contributed by atoms with Crippen LogP contribution in [0.1, 0.15) is 23.0 Å². The van der Waals surface area contributed by atoms with Crippen LogP contribution in [-0.2, 0) is 6.54 Å². The maximum atomic E-state index is 12.1. The van der Waals surface area contributed by atoms with Gasteiger partial charge in [-0.3, -0.25) is 4.79 Å². The number of nitrogens with zero attached hydrogens (tertiary/aromatic N) is 1. The number of amides is 1. The molecule has 0 aliphatic carbocycles. The zero-order chi connectivity index (χ0) is 12.3. The fourth-order valence-electron chi connectivity index (χ4n) is 1.53. The van der Waals surface area contributed by atoms with Crippen LogP contribution in [0, 0.1) is 0 Å². The van der Waals surface area contributed by atoms with Gasteiger partial charge in [-0.25, -0.2) is 0 Å². The van der Waals surface area contributed by atoms with Crippen LogP contribution in [0.3, 0.4) is 0 Å². The summed E-state index contributed by atoms with van der Waals surface area (Å²) in [6.07, 6.45) is 2.98. The van der Waals surface area contributed by atoms with Crippen molar-refractivity contribution >= 4 is 17.5 Å². The summed E-state index contributed by atoms with van der Waals surface area (Å²) in [7, 11) is 0. The molecule has 1 amide bonds. The molecule has 4 nitrogen and oxygen atoms in total. The van der Waals surface area contributed by atoms with E-state index >= 15 is 0 Å². The largest absolute Gasteiger partial charge is 0.467 e. The Bertz CT molecular complexity index is 490. The van der Waals surface area contributed by atoms with Gasteiger partial charge < -0.3 is 13.7 Å². The van der Waals surface area contributed by atoms with Crippen LogP contribution in [0.5, 0.6) is 0 Å². The quantitative estimate of drug-likeness (QED) is 0.841. The highest BCUT2D eigenvalue weighted by Gasteiger charge is 2.19. The molecule has 0 saturated heterocycles. The molecule has 0 aromatic carbocycles. The van der Waals surface area contributed by atoms with Gasteiger partial charge in [-0.05, 0) is 36.7 Å². The van der Waals surface area contributed by atoms with Crippen molar-refractivity contribution in [3.63, 3.8) is 0 Å². The molecule has 2 heterocycles. The lowest BCUT2D eigenvalue weighted by atomic mass is 10.2. The molecule has 0 fully saturated rings. The Kier molecular flexibility index (Phi) is 3.54. The smallest absolute Gasteiger partial charge is 0.259 e. The summed E-state index contributed by atoms with van der Waals surface area (Å²) in [4.78, 5) is 13.8. The molecule has 0 aliphatic heterocycles. The zero-order valence-electron chi connectivity index (χ0n) is 9.35. The zero-order valence-corrected chi connectivity index (χ0v) is 10.1. The van der Waals surface area contributed by atoms with Gasteiger partial charge >= 0.3 is 0 Å². The second kappa shape index (κ2) is 5.10. The van der Waals surface area contributed by atoms with E-state index < -0.39 is 0 Å². The molecule has 0 N–H and O–H groups in total. The van der Waals surface area contributed by atoms with Crippen molar-refractivity contribution in [1.29, 1.82) is 0 Å². The Hall–Kier alpha value is -1.68. The fourth-order valence-corrected chi connectivity index (χ4v) is 1.73. The lowest BCUT2D eigenvalue weighted by molar-refractivity contribution is 0.0741. The second-order valence-electron chi connectivity index (χ2n) is 3.51. The van der Waals surface area contributed by atoms with E-state index in [0.717, 1.165) is 5.76 Å². The maximum absolute atomic E-state index is 12.1. The van der Waals surface area contributed by atoms with Crippen molar-refractivity contribution in [2.75, 3.05) is 6.54 Å². The molecule has 0 unspecified atom stereocenters. The van der Waals surface area contributed by atoms with E-state index in [2.05, 4.69) is 0 Å². The van der Waals surface area contributed by atoms with Gasteiger partial charge in [-0.2, -0.15) is 0 Å². The molecule has 17 heavy (non-hydrogen) atoms. The third-order valence-electron chi connectivity index (χ3n) is 2.44. The first-order valence-electron chi connectivity index (χ1n) is 5.27. The van der Waals surface area contributed by atoms with E-state index in [1.807, 2.05) is 13.0 Å². The molecule has 0 aliphatic rings. The van der Waals surface area contributed by atoms with Crippen LogP contribution in [0.25, 0.3) is 0 Å². The van der Waals surface area contributed by atoms with Crippen LogP contribution >= 0.6 is 11.6 Å². The van der Waals surface area contributed by atoms with E-state index in [-0.39, 0.29) is 11.1 Å². The molecule has 0 bridgehead atoms. The third kappa shape index (κ3) is 2.53. The van der Waals surface area contributed by atoms with E-state index in [4.69, 9.17) is 20.4 Å². The standard InChI is InChI=1S/C12H12ClNO3/c1-2-14(8-9-4-3-6-16-9)12(15)10-5-7-17-11(10)13/h3-7H,2,8H2,1H3. The Morgan fingerprint density at radius 1 is 1.35 bits per heavy atom. The Balaban J connectivity index is 2.14. The average molecular weight is 254 g/mol.